The third-order valence-electron chi connectivity index (χ3n) is 3.01. The first-order valence-electron chi connectivity index (χ1n) is 6.20. The number of carbonyl (C=O) groups is 1. The van der Waals surface area contributed by atoms with Crippen LogP contribution in [0, 0.1) is 6.92 Å². The number of carboxylic acids is 1. The third kappa shape index (κ3) is 3.09. The number of aromatic carboxylic acids is 1. The molecule has 0 spiro atoms. The molecular formula is C16H16O4. The van der Waals surface area contributed by atoms with Crippen molar-refractivity contribution < 1.29 is 19.4 Å². The zero-order valence-electron chi connectivity index (χ0n) is 11.4. The molecule has 20 heavy (non-hydrogen) atoms. The number of hydrogen-bond acceptors (Lipinski definition) is 3. The molecule has 0 atom stereocenters. The van der Waals surface area contributed by atoms with Gasteiger partial charge in [-0.25, -0.2) is 4.79 Å². The topological polar surface area (TPSA) is 55.8 Å². The Morgan fingerprint density at radius 3 is 2.60 bits per heavy atom. The van der Waals surface area contributed by atoms with E-state index in [0.717, 1.165) is 16.9 Å². The summed E-state index contributed by atoms with van der Waals surface area (Å²) in [4.78, 5) is 11.0. The molecule has 4 heteroatoms. The summed E-state index contributed by atoms with van der Waals surface area (Å²) in [6.07, 6.45) is 0. The first-order valence-corrected chi connectivity index (χ1v) is 6.20. The molecule has 4 nitrogen and oxygen atoms in total. The van der Waals surface area contributed by atoms with Crippen LogP contribution in [0.15, 0.2) is 42.5 Å². The zero-order chi connectivity index (χ0) is 14.5. The number of para-hydroxylation sites is 1. The standard InChI is InChI=1S/C16H16O4/c1-11-7-8-12(16(17)18)9-15(11)20-10-13-5-3-4-6-14(13)19-2/h3-9H,10H2,1-2H3,(H,17,18). The lowest BCUT2D eigenvalue weighted by Crippen LogP contribution is -2.02. The Hall–Kier alpha value is -2.49. The van der Waals surface area contributed by atoms with Gasteiger partial charge in [0, 0.05) is 5.56 Å². The molecule has 0 fully saturated rings. The van der Waals surface area contributed by atoms with E-state index in [1.54, 1.807) is 19.2 Å². The lowest BCUT2D eigenvalue weighted by Gasteiger charge is -2.12. The zero-order valence-corrected chi connectivity index (χ0v) is 11.4. The third-order valence-corrected chi connectivity index (χ3v) is 3.01. The van der Waals surface area contributed by atoms with E-state index < -0.39 is 5.97 Å². The molecule has 0 bridgehead atoms. The largest absolute Gasteiger partial charge is 0.496 e. The van der Waals surface area contributed by atoms with Gasteiger partial charge in [-0.05, 0) is 30.7 Å². The highest BCUT2D eigenvalue weighted by molar-refractivity contribution is 5.88. The SMILES string of the molecule is COc1ccccc1COc1cc(C(=O)O)ccc1C. The van der Waals surface area contributed by atoms with Crippen molar-refractivity contribution in [2.45, 2.75) is 13.5 Å². The van der Waals surface area contributed by atoms with Gasteiger partial charge in [-0.3, -0.25) is 0 Å². The molecule has 2 aromatic carbocycles. The van der Waals surface area contributed by atoms with E-state index in [4.69, 9.17) is 14.6 Å². The number of methoxy groups -OCH3 is 1. The minimum Gasteiger partial charge on any atom is -0.496 e. The molecule has 0 aliphatic carbocycles. The summed E-state index contributed by atoms with van der Waals surface area (Å²) in [5, 5.41) is 8.99. The maximum atomic E-state index is 11.0. The summed E-state index contributed by atoms with van der Waals surface area (Å²) in [7, 11) is 1.61. The lowest BCUT2D eigenvalue weighted by molar-refractivity contribution is 0.0696. The summed E-state index contributed by atoms with van der Waals surface area (Å²) in [5.41, 5.74) is 2.02. The molecule has 2 rings (SSSR count). The Balaban J connectivity index is 2.18. The summed E-state index contributed by atoms with van der Waals surface area (Å²) in [5.74, 6) is 0.350. The van der Waals surface area contributed by atoms with Gasteiger partial charge in [-0.1, -0.05) is 24.3 Å². The second-order valence-corrected chi connectivity index (χ2v) is 4.39. The number of hydrogen-bond donors (Lipinski definition) is 1. The van der Waals surface area contributed by atoms with Crippen molar-refractivity contribution in [3.8, 4) is 11.5 Å². The number of benzene rings is 2. The Labute approximate surface area is 117 Å². The average Bonchev–Trinajstić information content (AvgIpc) is 2.46. The van der Waals surface area contributed by atoms with Crippen molar-refractivity contribution in [1.29, 1.82) is 0 Å². The van der Waals surface area contributed by atoms with Gasteiger partial charge in [-0.2, -0.15) is 0 Å². The molecule has 0 radical (unpaired) electrons. The fraction of sp³-hybridized carbons (Fsp3) is 0.188. The fourth-order valence-electron chi connectivity index (χ4n) is 1.87. The fourth-order valence-corrected chi connectivity index (χ4v) is 1.87. The smallest absolute Gasteiger partial charge is 0.335 e. The van der Waals surface area contributed by atoms with Gasteiger partial charge in [0.25, 0.3) is 0 Å². The molecule has 0 unspecified atom stereocenters. The van der Waals surface area contributed by atoms with Crippen LogP contribution in [0.3, 0.4) is 0 Å². The van der Waals surface area contributed by atoms with E-state index >= 15 is 0 Å². The minimum atomic E-state index is -0.966. The van der Waals surface area contributed by atoms with E-state index in [9.17, 15) is 4.79 Å². The van der Waals surface area contributed by atoms with Gasteiger partial charge in [0.05, 0.1) is 12.7 Å². The van der Waals surface area contributed by atoms with Crippen LogP contribution in [0.25, 0.3) is 0 Å². The predicted octanol–water partition coefficient (Wildman–Crippen LogP) is 3.28. The summed E-state index contributed by atoms with van der Waals surface area (Å²) in [6.45, 7) is 2.21. The maximum absolute atomic E-state index is 11.0. The normalized spacial score (nSPS) is 10.1. The van der Waals surface area contributed by atoms with Crippen LogP contribution < -0.4 is 9.47 Å². The van der Waals surface area contributed by atoms with Crippen molar-refractivity contribution in [3.05, 3.63) is 59.2 Å². The van der Waals surface area contributed by atoms with Gasteiger partial charge in [0.1, 0.15) is 18.1 Å². The summed E-state index contributed by atoms with van der Waals surface area (Å²) in [6, 6.07) is 12.4. The van der Waals surface area contributed by atoms with Crippen LogP contribution in [0.5, 0.6) is 11.5 Å². The first-order chi connectivity index (χ1) is 9.61. The maximum Gasteiger partial charge on any atom is 0.335 e. The van der Waals surface area contributed by atoms with Gasteiger partial charge in [-0.15, -0.1) is 0 Å². The number of ether oxygens (including phenoxy) is 2. The van der Waals surface area contributed by atoms with Crippen LogP contribution >= 0.6 is 0 Å². The van der Waals surface area contributed by atoms with Gasteiger partial charge >= 0.3 is 5.97 Å². The van der Waals surface area contributed by atoms with Crippen LogP contribution in [0.1, 0.15) is 21.5 Å². The molecule has 0 saturated carbocycles. The second kappa shape index (κ2) is 6.10. The molecule has 0 aliphatic rings. The van der Waals surface area contributed by atoms with Gasteiger partial charge < -0.3 is 14.6 Å². The van der Waals surface area contributed by atoms with Crippen molar-refractivity contribution in [3.63, 3.8) is 0 Å². The molecule has 1 N–H and O–H groups in total. The highest BCUT2D eigenvalue weighted by Crippen LogP contribution is 2.23. The summed E-state index contributed by atoms with van der Waals surface area (Å²) < 4.78 is 11.0. The highest BCUT2D eigenvalue weighted by atomic mass is 16.5. The molecule has 0 saturated heterocycles. The van der Waals surface area contributed by atoms with Gasteiger partial charge in [0.15, 0.2) is 0 Å². The quantitative estimate of drug-likeness (QED) is 0.907. The van der Waals surface area contributed by atoms with E-state index in [1.165, 1.54) is 6.07 Å². The predicted molar refractivity (Wildman–Crippen MR) is 75.5 cm³/mol. The molecule has 2 aromatic rings. The lowest BCUT2D eigenvalue weighted by atomic mass is 10.1. The number of aryl methyl sites for hydroxylation is 1. The van der Waals surface area contributed by atoms with Crippen molar-refractivity contribution in [2.24, 2.45) is 0 Å². The first kappa shape index (κ1) is 13.9. The Bertz CT molecular complexity index is 620. The van der Waals surface area contributed by atoms with E-state index in [2.05, 4.69) is 0 Å². The van der Waals surface area contributed by atoms with Crippen LogP contribution in [-0.4, -0.2) is 18.2 Å². The van der Waals surface area contributed by atoms with E-state index in [0.29, 0.717) is 12.4 Å². The Morgan fingerprint density at radius 2 is 1.90 bits per heavy atom. The number of carboxylic acid groups (broad SMARTS) is 1. The van der Waals surface area contributed by atoms with Crippen LogP contribution in [0.2, 0.25) is 0 Å². The number of rotatable bonds is 5. The van der Waals surface area contributed by atoms with E-state index in [-0.39, 0.29) is 5.56 Å². The molecule has 0 amide bonds. The van der Waals surface area contributed by atoms with Crippen LogP contribution in [-0.2, 0) is 6.61 Å². The Morgan fingerprint density at radius 1 is 1.15 bits per heavy atom. The second-order valence-electron chi connectivity index (χ2n) is 4.39. The van der Waals surface area contributed by atoms with Crippen molar-refractivity contribution in [1.82, 2.24) is 0 Å². The van der Waals surface area contributed by atoms with Gasteiger partial charge in [0.2, 0.25) is 0 Å². The minimum absolute atomic E-state index is 0.214. The Kier molecular flexibility index (Phi) is 4.25. The summed E-state index contributed by atoms with van der Waals surface area (Å²) >= 11 is 0. The molecule has 0 aromatic heterocycles. The molecular weight excluding hydrogens is 256 g/mol. The molecule has 0 aliphatic heterocycles. The van der Waals surface area contributed by atoms with E-state index in [1.807, 2.05) is 31.2 Å². The monoisotopic (exact) mass is 272 g/mol. The average molecular weight is 272 g/mol. The van der Waals surface area contributed by atoms with Crippen molar-refractivity contribution in [2.75, 3.05) is 7.11 Å². The van der Waals surface area contributed by atoms with Crippen molar-refractivity contribution >= 4 is 5.97 Å². The molecule has 104 valence electrons. The van der Waals surface area contributed by atoms with Crippen LogP contribution in [0.4, 0.5) is 0 Å². The highest BCUT2D eigenvalue weighted by Gasteiger charge is 2.08. The molecule has 0 heterocycles.